The fourth-order valence-electron chi connectivity index (χ4n) is 1.87. The minimum atomic E-state index is -0.109. The van der Waals surface area contributed by atoms with Gasteiger partial charge in [0.15, 0.2) is 0 Å². The lowest BCUT2D eigenvalue weighted by Crippen LogP contribution is -2.51. The van der Waals surface area contributed by atoms with Gasteiger partial charge in [-0.05, 0) is 20.8 Å². The lowest BCUT2D eigenvalue weighted by Gasteiger charge is -2.37. The molecule has 1 heterocycles. The van der Waals surface area contributed by atoms with Crippen LogP contribution in [0.4, 0.5) is 0 Å². The molecular formula is C11H23ClN2O2. The number of carbonyl (C=O) groups excluding carboxylic acids is 1. The van der Waals surface area contributed by atoms with Gasteiger partial charge in [0.1, 0.15) is 0 Å². The first-order valence-electron chi connectivity index (χ1n) is 5.61. The van der Waals surface area contributed by atoms with Gasteiger partial charge < -0.3 is 15.4 Å². The molecule has 4 atom stereocenters. The lowest BCUT2D eigenvalue weighted by molar-refractivity contribution is -0.147. The highest BCUT2D eigenvalue weighted by Crippen LogP contribution is 2.14. The molecule has 0 bridgehead atoms. The Morgan fingerprint density at radius 1 is 1.31 bits per heavy atom. The Kier molecular flexibility index (Phi) is 6.30. The molecule has 0 aromatic heterocycles. The third kappa shape index (κ3) is 3.92. The summed E-state index contributed by atoms with van der Waals surface area (Å²) in [4.78, 5) is 13.9. The molecule has 96 valence electrons. The van der Waals surface area contributed by atoms with E-state index in [1.165, 1.54) is 0 Å². The molecule has 1 aliphatic rings. The fraction of sp³-hybridized carbons (Fsp3) is 0.909. The smallest absolute Gasteiger partial charge is 0.227 e. The topological polar surface area (TPSA) is 55.6 Å². The predicted molar refractivity (Wildman–Crippen MR) is 66.7 cm³/mol. The first-order chi connectivity index (χ1) is 6.91. The molecule has 4 nitrogen and oxygen atoms in total. The summed E-state index contributed by atoms with van der Waals surface area (Å²) >= 11 is 0. The number of hydrogen-bond donors (Lipinski definition) is 1. The lowest BCUT2D eigenvalue weighted by atomic mass is 10.0. The maximum atomic E-state index is 12.0. The SMILES string of the molecule is CC(N)C(C)C(=O)N1C[C@@H](C)O[C@@H](C)C1.Cl. The van der Waals surface area contributed by atoms with Crippen LogP contribution in [0.5, 0.6) is 0 Å². The number of amides is 1. The molecule has 16 heavy (non-hydrogen) atoms. The summed E-state index contributed by atoms with van der Waals surface area (Å²) in [7, 11) is 0. The molecule has 1 fully saturated rings. The van der Waals surface area contributed by atoms with Crippen molar-refractivity contribution in [2.75, 3.05) is 13.1 Å². The molecular weight excluding hydrogens is 228 g/mol. The standard InChI is InChI=1S/C11H22N2O2.ClH/c1-7-5-13(6-8(2)15-7)11(14)9(3)10(4)12;/h7-10H,5-6,12H2,1-4H3;1H/t7-,8+,9?,10?;. The van der Waals surface area contributed by atoms with Gasteiger partial charge in [0, 0.05) is 19.1 Å². The van der Waals surface area contributed by atoms with Crippen LogP contribution in [-0.2, 0) is 9.53 Å². The molecule has 1 amide bonds. The maximum absolute atomic E-state index is 12.0. The first-order valence-corrected chi connectivity index (χ1v) is 5.61. The number of carbonyl (C=O) groups is 1. The second-order valence-electron chi connectivity index (χ2n) is 4.65. The van der Waals surface area contributed by atoms with E-state index in [0.717, 1.165) is 0 Å². The summed E-state index contributed by atoms with van der Waals surface area (Å²) in [6, 6.07) is -0.0917. The zero-order chi connectivity index (χ0) is 11.6. The van der Waals surface area contributed by atoms with Crippen LogP contribution >= 0.6 is 12.4 Å². The number of nitrogens with zero attached hydrogens (tertiary/aromatic N) is 1. The summed E-state index contributed by atoms with van der Waals surface area (Å²) in [5, 5.41) is 0. The molecule has 1 rings (SSSR count). The van der Waals surface area contributed by atoms with Crippen molar-refractivity contribution in [2.24, 2.45) is 11.7 Å². The van der Waals surface area contributed by atoms with E-state index in [2.05, 4.69) is 0 Å². The van der Waals surface area contributed by atoms with Crippen molar-refractivity contribution >= 4 is 18.3 Å². The van der Waals surface area contributed by atoms with Crippen LogP contribution < -0.4 is 5.73 Å². The highest BCUT2D eigenvalue weighted by molar-refractivity contribution is 5.85. The van der Waals surface area contributed by atoms with Crippen molar-refractivity contribution in [1.82, 2.24) is 4.90 Å². The second kappa shape index (κ2) is 6.42. The van der Waals surface area contributed by atoms with Crippen molar-refractivity contribution in [3.63, 3.8) is 0 Å². The molecule has 0 saturated carbocycles. The van der Waals surface area contributed by atoms with Crippen molar-refractivity contribution in [1.29, 1.82) is 0 Å². The molecule has 1 saturated heterocycles. The number of morpholine rings is 1. The normalized spacial score (nSPS) is 29.2. The first kappa shape index (κ1) is 15.7. The average Bonchev–Trinajstić information content (AvgIpc) is 2.13. The molecule has 2 N–H and O–H groups in total. The van der Waals surface area contributed by atoms with Crippen LogP contribution in [0.3, 0.4) is 0 Å². The van der Waals surface area contributed by atoms with Gasteiger partial charge in [0.25, 0.3) is 0 Å². The minimum Gasteiger partial charge on any atom is -0.372 e. The fourth-order valence-corrected chi connectivity index (χ4v) is 1.87. The van der Waals surface area contributed by atoms with Crippen LogP contribution in [0.15, 0.2) is 0 Å². The van der Waals surface area contributed by atoms with Gasteiger partial charge in [-0.3, -0.25) is 4.79 Å². The van der Waals surface area contributed by atoms with Gasteiger partial charge in [-0.25, -0.2) is 0 Å². The Bertz CT molecular complexity index is 226. The van der Waals surface area contributed by atoms with E-state index in [-0.39, 0.29) is 42.5 Å². The molecule has 0 aromatic carbocycles. The highest BCUT2D eigenvalue weighted by Gasteiger charge is 2.29. The largest absolute Gasteiger partial charge is 0.372 e. The number of rotatable bonds is 2. The van der Waals surface area contributed by atoms with Gasteiger partial charge in [-0.2, -0.15) is 0 Å². The Morgan fingerprint density at radius 3 is 2.12 bits per heavy atom. The molecule has 0 radical (unpaired) electrons. The number of halogens is 1. The van der Waals surface area contributed by atoms with E-state index >= 15 is 0 Å². The van der Waals surface area contributed by atoms with Gasteiger partial charge in [0.2, 0.25) is 5.91 Å². The van der Waals surface area contributed by atoms with Crippen molar-refractivity contribution in [2.45, 2.75) is 45.9 Å². The Balaban J connectivity index is 0.00000225. The van der Waals surface area contributed by atoms with Crippen LogP contribution in [0.1, 0.15) is 27.7 Å². The Labute approximate surface area is 104 Å². The van der Waals surface area contributed by atoms with Crippen LogP contribution in [0.25, 0.3) is 0 Å². The van der Waals surface area contributed by atoms with Gasteiger partial charge in [0.05, 0.1) is 18.1 Å². The summed E-state index contributed by atoms with van der Waals surface area (Å²) in [6.07, 6.45) is 0.246. The summed E-state index contributed by atoms with van der Waals surface area (Å²) in [6.45, 7) is 9.10. The summed E-state index contributed by atoms with van der Waals surface area (Å²) < 4.78 is 5.58. The van der Waals surface area contributed by atoms with Crippen LogP contribution in [-0.4, -0.2) is 42.1 Å². The third-order valence-electron chi connectivity index (χ3n) is 2.91. The number of nitrogens with two attached hydrogens (primary N) is 1. The van der Waals surface area contributed by atoms with E-state index in [1.807, 2.05) is 32.6 Å². The third-order valence-corrected chi connectivity index (χ3v) is 2.91. The molecule has 0 aliphatic carbocycles. The van der Waals surface area contributed by atoms with Crippen LogP contribution in [0.2, 0.25) is 0 Å². The summed E-state index contributed by atoms with van der Waals surface area (Å²) in [5.41, 5.74) is 5.73. The Hall–Kier alpha value is -0.320. The van der Waals surface area contributed by atoms with Gasteiger partial charge in [-0.15, -0.1) is 12.4 Å². The summed E-state index contributed by atoms with van der Waals surface area (Å²) in [5.74, 6) is 0.0366. The van der Waals surface area contributed by atoms with E-state index in [4.69, 9.17) is 10.5 Å². The molecule has 5 heteroatoms. The van der Waals surface area contributed by atoms with Crippen LogP contribution in [0, 0.1) is 5.92 Å². The van der Waals surface area contributed by atoms with Crippen molar-refractivity contribution in [3.8, 4) is 0 Å². The quantitative estimate of drug-likeness (QED) is 0.797. The van der Waals surface area contributed by atoms with Crippen molar-refractivity contribution < 1.29 is 9.53 Å². The molecule has 0 spiro atoms. The molecule has 0 aromatic rings. The van der Waals surface area contributed by atoms with E-state index in [0.29, 0.717) is 13.1 Å². The highest BCUT2D eigenvalue weighted by atomic mass is 35.5. The molecule has 2 unspecified atom stereocenters. The monoisotopic (exact) mass is 250 g/mol. The van der Waals surface area contributed by atoms with Gasteiger partial charge in [-0.1, -0.05) is 6.92 Å². The van der Waals surface area contributed by atoms with E-state index in [9.17, 15) is 4.79 Å². The number of ether oxygens (including phenoxy) is 1. The number of hydrogen-bond acceptors (Lipinski definition) is 3. The van der Waals surface area contributed by atoms with E-state index in [1.54, 1.807) is 0 Å². The zero-order valence-corrected chi connectivity index (χ0v) is 11.3. The second-order valence-corrected chi connectivity index (χ2v) is 4.65. The predicted octanol–water partition coefficient (Wildman–Crippen LogP) is 1.03. The zero-order valence-electron chi connectivity index (χ0n) is 10.5. The average molecular weight is 251 g/mol. The maximum Gasteiger partial charge on any atom is 0.227 e. The van der Waals surface area contributed by atoms with Gasteiger partial charge >= 0.3 is 0 Å². The molecule has 1 aliphatic heterocycles. The van der Waals surface area contributed by atoms with E-state index < -0.39 is 0 Å². The van der Waals surface area contributed by atoms with Crippen molar-refractivity contribution in [3.05, 3.63) is 0 Å². The Morgan fingerprint density at radius 2 is 1.75 bits per heavy atom. The minimum absolute atomic E-state index is 0.